The molecule has 0 aliphatic carbocycles. The first-order chi connectivity index (χ1) is 28.4. The van der Waals surface area contributed by atoms with Gasteiger partial charge in [0.25, 0.3) is 0 Å². The van der Waals surface area contributed by atoms with Gasteiger partial charge in [-0.15, -0.1) is 0 Å². The van der Waals surface area contributed by atoms with E-state index in [-0.39, 0.29) is 32.3 Å². The van der Waals surface area contributed by atoms with Gasteiger partial charge in [-0.2, -0.15) is 0 Å². The van der Waals surface area contributed by atoms with Crippen LogP contribution < -0.4 is 5.73 Å². The molecule has 0 spiro atoms. The highest BCUT2D eigenvalue weighted by Crippen LogP contribution is 2.43. The Morgan fingerprint density at radius 3 is 1.38 bits per heavy atom. The molecule has 0 aliphatic heterocycles. The minimum atomic E-state index is -4.28. The largest absolute Gasteiger partial charge is 0.472 e. The van der Waals surface area contributed by atoms with Gasteiger partial charge in [-0.3, -0.25) is 13.8 Å². The molecule has 0 radical (unpaired) electrons. The molecule has 8 nitrogen and oxygen atoms in total. The van der Waals surface area contributed by atoms with Crippen molar-refractivity contribution in [2.24, 2.45) is 5.73 Å². The molecule has 2 atom stereocenters. The number of esters is 1. The topological polar surface area (TPSA) is 117 Å². The molecule has 0 fully saturated rings. The zero-order valence-electron chi connectivity index (χ0n) is 38.0. The van der Waals surface area contributed by atoms with Gasteiger partial charge in [0.1, 0.15) is 6.10 Å². The normalized spacial score (nSPS) is 13.7. The molecule has 58 heavy (non-hydrogen) atoms. The molecule has 342 valence electrons. The Morgan fingerprint density at radius 1 is 0.517 bits per heavy atom. The fraction of sp³-hybridized carbons (Fsp3) is 0.857. The van der Waals surface area contributed by atoms with Crippen molar-refractivity contribution in [2.75, 3.05) is 33.0 Å². The summed E-state index contributed by atoms with van der Waals surface area (Å²) in [6.45, 7) is 4.91. The van der Waals surface area contributed by atoms with Crippen LogP contribution >= 0.6 is 7.82 Å². The minimum absolute atomic E-state index is 0.0963. The Kier molecular flexibility index (Phi) is 45.7. The molecular weight excluding hydrogens is 746 g/mol. The summed E-state index contributed by atoms with van der Waals surface area (Å²) in [5.41, 5.74) is 5.38. The Labute approximate surface area is 358 Å². The van der Waals surface area contributed by atoms with Crippen LogP contribution in [0.2, 0.25) is 0 Å². The molecule has 0 aliphatic rings. The Balaban J connectivity index is 3.87. The van der Waals surface area contributed by atoms with Crippen molar-refractivity contribution in [1.82, 2.24) is 0 Å². The maximum Gasteiger partial charge on any atom is 0.472 e. The van der Waals surface area contributed by atoms with E-state index in [1.165, 1.54) is 161 Å². The number of ether oxygens (including phenoxy) is 2. The van der Waals surface area contributed by atoms with E-state index in [1.54, 1.807) is 0 Å². The highest BCUT2D eigenvalue weighted by Gasteiger charge is 2.25. The fourth-order valence-electron chi connectivity index (χ4n) is 6.91. The van der Waals surface area contributed by atoms with Gasteiger partial charge < -0.3 is 20.1 Å². The minimum Gasteiger partial charge on any atom is -0.457 e. The van der Waals surface area contributed by atoms with Crippen molar-refractivity contribution in [3.8, 4) is 0 Å². The van der Waals surface area contributed by atoms with Crippen LogP contribution in [0.3, 0.4) is 0 Å². The second kappa shape index (κ2) is 46.8. The van der Waals surface area contributed by atoms with E-state index in [0.29, 0.717) is 13.0 Å². The number of unbranched alkanes of at least 4 members (excludes halogenated alkanes) is 28. The van der Waals surface area contributed by atoms with E-state index in [0.717, 1.165) is 51.4 Å². The molecule has 0 amide bonds. The summed E-state index contributed by atoms with van der Waals surface area (Å²) in [4.78, 5) is 22.5. The molecule has 0 saturated carbocycles. The lowest BCUT2D eigenvalue weighted by atomic mass is 10.0. The fourth-order valence-corrected chi connectivity index (χ4v) is 7.67. The second-order valence-electron chi connectivity index (χ2n) is 16.3. The lowest BCUT2D eigenvalue weighted by Crippen LogP contribution is -2.28. The number of phosphoric acid groups is 1. The number of carbonyl (C=O) groups is 1. The smallest absolute Gasteiger partial charge is 0.457 e. The van der Waals surface area contributed by atoms with Crippen LogP contribution in [0.4, 0.5) is 0 Å². The second-order valence-corrected chi connectivity index (χ2v) is 17.8. The lowest BCUT2D eigenvalue weighted by molar-refractivity contribution is -0.154. The van der Waals surface area contributed by atoms with Crippen LogP contribution in [0.25, 0.3) is 0 Å². The molecule has 9 heteroatoms. The number of carbonyl (C=O) groups excluding carboxylic acids is 1. The quantitative estimate of drug-likeness (QED) is 0.0269. The molecule has 2 unspecified atom stereocenters. The van der Waals surface area contributed by atoms with Gasteiger partial charge in [0.05, 0.1) is 19.8 Å². The molecule has 0 rings (SSSR count). The highest BCUT2D eigenvalue weighted by molar-refractivity contribution is 7.47. The first kappa shape index (κ1) is 56.7. The zero-order chi connectivity index (χ0) is 42.3. The summed E-state index contributed by atoms with van der Waals surface area (Å²) >= 11 is 0. The first-order valence-electron chi connectivity index (χ1n) is 24.5. The summed E-state index contributed by atoms with van der Waals surface area (Å²) in [5.74, 6) is -0.338. The van der Waals surface area contributed by atoms with Crippen LogP contribution in [0.1, 0.15) is 232 Å². The van der Waals surface area contributed by atoms with Gasteiger partial charge in [-0.25, -0.2) is 4.57 Å². The molecule has 0 bridgehead atoms. The third-order valence-corrected chi connectivity index (χ3v) is 11.5. The molecule has 0 aromatic heterocycles. The predicted molar refractivity (Wildman–Crippen MR) is 247 cm³/mol. The Morgan fingerprint density at radius 2 is 0.914 bits per heavy atom. The van der Waals surface area contributed by atoms with E-state index in [4.69, 9.17) is 24.3 Å². The van der Waals surface area contributed by atoms with E-state index in [2.05, 4.69) is 50.3 Å². The van der Waals surface area contributed by atoms with Crippen molar-refractivity contribution < 1.29 is 32.8 Å². The molecule has 3 N–H and O–H groups in total. The molecule has 0 aromatic carbocycles. The van der Waals surface area contributed by atoms with Crippen LogP contribution in [0.5, 0.6) is 0 Å². The molecule has 0 aromatic rings. The Bertz CT molecular complexity index is 988. The average Bonchev–Trinajstić information content (AvgIpc) is 3.21. The van der Waals surface area contributed by atoms with E-state index in [1.807, 2.05) is 0 Å². The van der Waals surface area contributed by atoms with Crippen molar-refractivity contribution in [3.63, 3.8) is 0 Å². The third kappa shape index (κ3) is 45.8. The van der Waals surface area contributed by atoms with Crippen LogP contribution in [0, 0.1) is 0 Å². The number of rotatable bonds is 47. The number of phosphoric ester groups is 1. The van der Waals surface area contributed by atoms with Crippen LogP contribution in [0.15, 0.2) is 36.5 Å². The van der Waals surface area contributed by atoms with Crippen molar-refractivity contribution in [1.29, 1.82) is 0 Å². The average molecular weight is 840 g/mol. The molecular formula is C49H94NO7P. The van der Waals surface area contributed by atoms with Gasteiger partial charge in [0.2, 0.25) is 0 Å². The predicted octanol–water partition coefficient (Wildman–Crippen LogP) is 15.0. The summed E-state index contributed by atoms with van der Waals surface area (Å²) in [5, 5.41) is 0. The Hall–Kier alpha value is -1.28. The SMILES string of the molecule is CCCCCC/C=C\CCCCCCCC(=O)OC(COCCCCCCCCCCCCCCCC/C=C\C/C=C\CCCCCCC)COP(=O)(O)OCCN. The number of hydrogen-bond donors (Lipinski definition) is 2. The molecule has 0 saturated heterocycles. The summed E-state index contributed by atoms with van der Waals surface area (Å²) in [7, 11) is -4.28. The molecule has 0 heterocycles. The maximum absolute atomic E-state index is 12.6. The number of nitrogens with two attached hydrogens (primary N) is 1. The summed E-state index contributed by atoms with van der Waals surface area (Å²) in [6, 6.07) is 0. The van der Waals surface area contributed by atoms with Gasteiger partial charge >= 0.3 is 13.8 Å². The first-order valence-corrected chi connectivity index (χ1v) is 26.0. The van der Waals surface area contributed by atoms with Gasteiger partial charge in [0, 0.05) is 19.6 Å². The highest BCUT2D eigenvalue weighted by atomic mass is 31.2. The summed E-state index contributed by atoms with van der Waals surface area (Å²) in [6.07, 6.45) is 54.7. The third-order valence-electron chi connectivity index (χ3n) is 10.5. The maximum atomic E-state index is 12.6. The van der Waals surface area contributed by atoms with E-state index < -0.39 is 13.9 Å². The van der Waals surface area contributed by atoms with Crippen molar-refractivity contribution in [3.05, 3.63) is 36.5 Å². The van der Waals surface area contributed by atoms with Crippen LogP contribution in [-0.2, 0) is 27.9 Å². The van der Waals surface area contributed by atoms with E-state index in [9.17, 15) is 14.3 Å². The zero-order valence-corrected chi connectivity index (χ0v) is 38.9. The standard InChI is InChI=1S/C49H94NO7P/c1-3-5-7-9-11-13-15-17-18-19-20-21-22-23-24-25-26-27-28-29-31-33-35-37-39-41-44-54-46-48(47-56-58(52,53)55-45-43-50)57-49(51)42-40-38-36-34-32-30-16-14-12-10-8-6-4-2/h14-17,19-20,48H,3-13,18,21-47,50H2,1-2H3,(H,52,53)/b16-14-,17-15-,20-19-. The number of allylic oxidation sites excluding steroid dienone is 6. The van der Waals surface area contributed by atoms with Gasteiger partial charge in [-0.1, -0.05) is 192 Å². The van der Waals surface area contributed by atoms with Gasteiger partial charge in [-0.05, 0) is 70.6 Å². The van der Waals surface area contributed by atoms with E-state index >= 15 is 0 Å². The van der Waals surface area contributed by atoms with Crippen molar-refractivity contribution >= 4 is 13.8 Å². The monoisotopic (exact) mass is 840 g/mol. The van der Waals surface area contributed by atoms with Crippen LogP contribution in [-0.4, -0.2) is 49.9 Å². The van der Waals surface area contributed by atoms with Gasteiger partial charge in [0.15, 0.2) is 0 Å². The number of hydrogen-bond acceptors (Lipinski definition) is 7. The van der Waals surface area contributed by atoms with Crippen molar-refractivity contribution in [2.45, 2.75) is 238 Å². The lowest BCUT2D eigenvalue weighted by Gasteiger charge is -2.20. The summed E-state index contributed by atoms with van der Waals surface area (Å²) < 4.78 is 33.5.